The van der Waals surface area contributed by atoms with Crippen LogP contribution in [-0.2, 0) is 10.0 Å². The van der Waals surface area contributed by atoms with Crippen molar-refractivity contribution >= 4 is 33.2 Å². The van der Waals surface area contributed by atoms with Crippen LogP contribution >= 0.6 is 12.4 Å². The molecule has 7 nitrogen and oxygen atoms in total. The maximum absolute atomic E-state index is 13.6. The standard InChI is InChI=1S/C25H25N3O4S.ClH/c1-31-22-10-8-18(16-23(22)32-2)19-9-11-24(21-7-4-3-6-20(19)21)33(29,30)27-25-12-5-14-28(25)15-13-26-17-25;/h3-13,15-16,26-27H,14,17H2,1-2H3;1H. The molecule has 178 valence electrons. The molecule has 2 aliphatic rings. The second kappa shape index (κ2) is 9.21. The largest absolute Gasteiger partial charge is 0.493 e. The first kappa shape index (κ1) is 23.9. The smallest absolute Gasteiger partial charge is 0.243 e. The summed E-state index contributed by atoms with van der Waals surface area (Å²) < 4.78 is 41.0. The Morgan fingerprint density at radius 2 is 1.76 bits per heavy atom. The van der Waals surface area contributed by atoms with Crippen molar-refractivity contribution in [3.63, 3.8) is 0 Å². The third kappa shape index (κ3) is 3.98. The van der Waals surface area contributed by atoms with Crippen LogP contribution in [0.5, 0.6) is 11.5 Å². The van der Waals surface area contributed by atoms with Gasteiger partial charge in [0.25, 0.3) is 0 Å². The van der Waals surface area contributed by atoms with Gasteiger partial charge in [-0.2, -0.15) is 4.72 Å². The minimum atomic E-state index is -3.83. The van der Waals surface area contributed by atoms with Gasteiger partial charge in [0, 0.05) is 24.3 Å². The lowest BCUT2D eigenvalue weighted by Crippen LogP contribution is -2.61. The number of rotatable bonds is 6. The van der Waals surface area contributed by atoms with Crippen LogP contribution in [0, 0.1) is 0 Å². The first-order valence-corrected chi connectivity index (χ1v) is 12.1. The van der Waals surface area contributed by atoms with E-state index in [1.165, 1.54) is 0 Å². The van der Waals surface area contributed by atoms with Crippen LogP contribution in [-0.4, -0.2) is 46.3 Å². The zero-order valence-corrected chi connectivity index (χ0v) is 20.4. The molecule has 3 aromatic rings. The summed E-state index contributed by atoms with van der Waals surface area (Å²) in [4.78, 5) is 2.22. The number of methoxy groups -OCH3 is 2. The van der Waals surface area contributed by atoms with Crippen LogP contribution in [0.1, 0.15) is 0 Å². The van der Waals surface area contributed by atoms with Gasteiger partial charge >= 0.3 is 0 Å². The lowest BCUT2D eigenvalue weighted by atomic mass is 9.98. The van der Waals surface area contributed by atoms with Gasteiger partial charge in [-0.1, -0.05) is 42.5 Å². The van der Waals surface area contributed by atoms with Gasteiger partial charge in [0.1, 0.15) is 5.66 Å². The van der Waals surface area contributed by atoms with E-state index in [1.54, 1.807) is 20.3 Å². The van der Waals surface area contributed by atoms with Crippen molar-refractivity contribution in [2.75, 3.05) is 27.3 Å². The fourth-order valence-electron chi connectivity index (χ4n) is 4.51. The molecule has 0 radical (unpaired) electrons. The third-order valence-corrected chi connectivity index (χ3v) is 7.69. The molecule has 0 fully saturated rings. The van der Waals surface area contributed by atoms with Crippen molar-refractivity contribution in [2.24, 2.45) is 0 Å². The normalized spacial score (nSPS) is 18.8. The Bertz CT molecular complexity index is 1390. The van der Waals surface area contributed by atoms with E-state index >= 15 is 0 Å². The number of nitrogens with zero attached hydrogens (tertiary/aromatic N) is 1. The van der Waals surface area contributed by atoms with Crippen molar-refractivity contribution < 1.29 is 17.9 Å². The maximum atomic E-state index is 13.6. The van der Waals surface area contributed by atoms with E-state index in [2.05, 4.69) is 10.0 Å². The monoisotopic (exact) mass is 499 g/mol. The number of halogens is 1. The highest BCUT2D eigenvalue weighted by atomic mass is 35.5. The Balaban J connectivity index is 0.00000274. The Morgan fingerprint density at radius 3 is 2.53 bits per heavy atom. The van der Waals surface area contributed by atoms with Crippen molar-refractivity contribution in [3.8, 4) is 22.6 Å². The summed E-state index contributed by atoms with van der Waals surface area (Å²) in [6.45, 7) is 1.10. The number of hydrogen-bond donors (Lipinski definition) is 2. The van der Waals surface area contributed by atoms with Crippen LogP contribution in [0.2, 0.25) is 0 Å². The number of benzene rings is 3. The predicted molar refractivity (Wildman–Crippen MR) is 136 cm³/mol. The summed E-state index contributed by atoms with van der Waals surface area (Å²) in [6.07, 6.45) is 7.57. The van der Waals surface area contributed by atoms with E-state index in [-0.39, 0.29) is 17.3 Å². The molecule has 9 heteroatoms. The molecule has 3 aromatic carbocycles. The van der Waals surface area contributed by atoms with E-state index in [1.807, 2.05) is 78.0 Å². The van der Waals surface area contributed by atoms with E-state index in [0.717, 1.165) is 16.5 Å². The second-order valence-electron chi connectivity index (χ2n) is 8.01. The van der Waals surface area contributed by atoms with Gasteiger partial charge in [0.05, 0.1) is 25.7 Å². The average molecular weight is 500 g/mol. The summed E-state index contributed by atoms with van der Waals surface area (Å²) in [6, 6.07) is 16.7. The first-order valence-electron chi connectivity index (χ1n) is 10.6. The van der Waals surface area contributed by atoms with E-state index < -0.39 is 15.7 Å². The maximum Gasteiger partial charge on any atom is 0.243 e. The zero-order chi connectivity index (χ0) is 23.1. The van der Waals surface area contributed by atoms with Crippen LogP contribution < -0.4 is 19.5 Å². The third-order valence-electron chi connectivity index (χ3n) is 6.13. The lowest BCUT2D eigenvalue weighted by molar-refractivity contribution is 0.204. The Morgan fingerprint density at radius 1 is 1.00 bits per heavy atom. The SMILES string of the molecule is COc1ccc(-c2ccc(S(=O)(=O)NC34C=CCN3C=CNC4)c3ccccc23)cc1OC.Cl. The van der Waals surface area contributed by atoms with Crippen LogP contribution in [0.25, 0.3) is 21.9 Å². The highest BCUT2D eigenvalue weighted by molar-refractivity contribution is 7.89. The molecular formula is C25H26ClN3O4S. The Labute approximate surface area is 205 Å². The Kier molecular flexibility index (Phi) is 6.49. The van der Waals surface area contributed by atoms with Crippen LogP contribution in [0.3, 0.4) is 0 Å². The molecule has 0 aliphatic carbocycles. The van der Waals surface area contributed by atoms with Crippen molar-refractivity contribution in [3.05, 3.63) is 79.1 Å². The molecule has 0 saturated heterocycles. The van der Waals surface area contributed by atoms with Crippen LogP contribution in [0.15, 0.2) is 84.0 Å². The molecule has 5 rings (SSSR count). The predicted octanol–water partition coefficient (Wildman–Crippen LogP) is 3.87. The molecule has 0 aromatic heterocycles. The number of hydrogen-bond acceptors (Lipinski definition) is 6. The molecule has 1 unspecified atom stereocenters. The molecule has 2 heterocycles. The highest BCUT2D eigenvalue weighted by Gasteiger charge is 2.41. The van der Waals surface area contributed by atoms with Gasteiger partial charge < -0.3 is 19.7 Å². The molecule has 0 amide bonds. The Hall–Kier alpha value is -3.20. The molecule has 34 heavy (non-hydrogen) atoms. The molecule has 2 aliphatic heterocycles. The van der Waals surface area contributed by atoms with Gasteiger partial charge in [-0.25, -0.2) is 8.42 Å². The average Bonchev–Trinajstić information content (AvgIpc) is 3.25. The molecule has 0 saturated carbocycles. The molecular weight excluding hydrogens is 474 g/mol. The zero-order valence-electron chi connectivity index (χ0n) is 18.8. The van der Waals surface area contributed by atoms with Crippen molar-refractivity contribution in [2.45, 2.75) is 10.6 Å². The molecule has 0 bridgehead atoms. The number of fused-ring (bicyclic) bond motifs is 2. The minimum Gasteiger partial charge on any atom is -0.493 e. The van der Waals surface area contributed by atoms with Gasteiger partial charge in [-0.15, -0.1) is 12.4 Å². The van der Waals surface area contributed by atoms with Crippen LogP contribution in [0.4, 0.5) is 0 Å². The van der Waals surface area contributed by atoms with E-state index in [4.69, 9.17) is 9.47 Å². The van der Waals surface area contributed by atoms with E-state index in [9.17, 15) is 8.42 Å². The summed E-state index contributed by atoms with van der Waals surface area (Å²) in [7, 11) is -0.645. The topological polar surface area (TPSA) is 79.9 Å². The van der Waals surface area contributed by atoms with E-state index in [0.29, 0.717) is 30.0 Å². The van der Waals surface area contributed by atoms with Crippen molar-refractivity contribution in [1.29, 1.82) is 0 Å². The fourth-order valence-corrected chi connectivity index (χ4v) is 6.06. The van der Waals surface area contributed by atoms with Gasteiger partial charge in [-0.3, -0.25) is 0 Å². The van der Waals surface area contributed by atoms with Gasteiger partial charge in [0.15, 0.2) is 11.5 Å². The second-order valence-corrected chi connectivity index (χ2v) is 9.66. The minimum absolute atomic E-state index is 0. The molecule has 1 atom stereocenters. The lowest BCUT2D eigenvalue weighted by Gasteiger charge is -2.40. The summed E-state index contributed by atoms with van der Waals surface area (Å²) >= 11 is 0. The van der Waals surface area contributed by atoms with Crippen molar-refractivity contribution in [1.82, 2.24) is 14.9 Å². The molecule has 0 spiro atoms. The number of nitrogens with one attached hydrogen (secondary N) is 2. The quantitative estimate of drug-likeness (QED) is 0.501. The highest BCUT2D eigenvalue weighted by Crippen LogP contribution is 2.37. The summed E-state index contributed by atoms with van der Waals surface area (Å²) in [5, 5.41) is 4.63. The fraction of sp³-hybridized carbons (Fsp3) is 0.200. The summed E-state index contributed by atoms with van der Waals surface area (Å²) in [5.41, 5.74) is 0.996. The molecule has 2 N–H and O–H groups in total. The number of ether oxygens (including phenoxy) is 2. The van der Waals surface area contributed by atoms with Gasteiger partial charge in [-0.05, 0) is 40.8 Å². The number of sulfonamides is 1. The summed E-state index contributed by atoms with van der Waals surface area (Å²) in [5.74, 6) is 1.25. The van der Waals surface area contributed by atoms with Gasteiger partial charge in [0.2, 0.25) is 10.0 Å². The first-order chi connectivity index (χ1) is 16.0.